The van der Waals surface area contributed by atoms with Crippen molar-refractivity contribution in [2.24, 2.45) is 11.7 Å². The first-order chi connectivity index (χ1) is 9.79. The largest absolute Gasteiger partial charge is 0.338 e. The van der Waals surface area contributed by atoms with Gasteiger partial charge in [0.05, 0.1) is 0 Å². The van der Waals surface area contributed by atoms with E-state index in [1.165, 1.54) is 0 Å². The number of amides is 1. The molecule has 3 heteroatoms. The van der Waals surface area contributed by atoms with E-state index in [9.17, 15) is 4.79 Å². The van der Waals surface area contributed by atoms with Gasteiger partial charge in [-0.3, -0.25) is 4.79 Å². The van der Waals surface area contributed by atoms with Crippen LogP contribution in [0.15, 0.2) is 42.5 Å². The maximum absolute atomic E-state index is 12.7. The smallest absolute Gasteiger partial charge is 0.254 e. The molecule has 1 fully saturated rings. The van der Waals surface area contributed by atoms with Crippen LogP contribution < -0.4 is 5.73 Å². The van der Waals surface area contributed by atoms with Crippen LogP contribution in [0, 0.1) is 5.92 Å². The molecule has 0 spiro atoms. The van der Waals surface area contributed by atoms with Crippen molar-refractivity contribution >= 4 is 16.7 Å². The lowest BCUT2D eigenvalue weighted by Crippen LogP contribution is -2.29. The van der Waals surface area contributed by atoms with Crippen LogP contribution in [0.1, 0.15) is 23.2 Å². The van der Waals surface area contributed by atoms with Crippen LogP contribution in [-0.2, 0) is 0 Å². The summed E-state index contributed by atoms with van der Waals surface area (Å²) in [7, 11) is 0. The van der Waals surface area contributed by atoms with Gasteiger partial charge in [0, 0.05) is 18.7 Å². The molecule has 1 atom stereocenters. The van der Waals surface area contributed by atoms with Gasteiger partial charge in [-0.2, -0.15) is 0 Å². The predicted molar refractivity (Wildman–Crippen MR) is 81.6 cm³/mol. The van der Waals surface area contributed by atoms with Crippen molar-refractivity contribution in [3.05, 3.63) is 48.0 Å². The molecule has 1 unspecified atom stereocenters. The summed E-state index contributed by atoms with van der Waals surface area (Å²) in [5.74, 6) is 0.722. The van der Waals surface area contributed by atoms with Gasteiger partial charge in [-0.15, -0.1) is 0 Å². The molecule has 2 aromatic rings. The van der Waals surface area contributed by atoms with Gasteiger partial charge in [0.15, 0.2) is 0 Å². The molecule has 3 rings (SSSR count). The van der Waals surface area contributed by atoms with E-state index >= 15 is 0 Å². The predicted octanol–water partition coefficient (Wildman–Crippen LogP) is 2.65. The zero-order chi connectivity index (χ0) is 13.9. The van der Waals surface area contributed by atoms with Crippen molar-refractivity contribution < 1.29 is 4.79 Å². The second-order valence-corrected chi connectivity index (χ2v) is 5.51. The van der Waals surface area contributed by atoms with Crippen LogP contribution in [0.25, 0.3) is 10.8 Å². The van der Waals surface area contributed by atoms with E-state index in [0.29, 0.717) is 12.5 Å². The van der Waals surface area contributed by atoms with E-state index in [4.69, 9.17) is 5.73 Å². The van der Waals surface area contributed by atoms with Gasteiger partial charge in [0.25, 0.3) is 5.91 Å². The standard InChI is InChI=1S/C17H20N2O/c18-10-8-13-9-11-19(12-13)17(20)16-7-3-5-14-4-1-2-6-15(14)16/h1-7,13H,8-12,18H2. The van der Waals surface area contributed by atoms with Crippen LogP contribution in [0.3, 0.4) is 0 Å². The summed E-state index contributed by atoms with van der Waals surface area (Å²) in [5, 5.41) is 2.17. The number of likely N-dealkylation sites (tertiary alicyclic amines) is 1. The molecule has 2 N–H and O–H groups in total. The minimum absolute atomic E-state index is 0.154. The molecule has 104 valence electrons. The van der Waals surface area contributed by atoms with Gasteiger partial charge in [-0.05, 0) is 42.1 Å². The second kappa shape index (κ2) is 5.63. The summed E-state index contributed by atoms with van der Waals surface area (Å²) in [6, 6.07) is 14.0. The molecule has 1 aliphatic heterocycles. The number of fused-ring (bicyclic) bond motifs is 1. The first-order valence-corrected chi connectivity index (χ1v) is 7.26. The first-order valence-electron chi connectivity index (χ1n) is 7.26. The third-order valence-corrected chi connectivity index (χ3v) is 4.17. The molecule has 2 aromatic carbocycles. The van der Waals surface area contributed by atoms with E-state index in [-0.39, 0.29) is 5.91 Å². The highest BCUT2D eigenvalue weighted by Gasteiger charge is 2.27. The highest BCUT2D eigenvalue weighted by molar-refractivity contribution is 6.07. The fraction of sp³-hybridized carbons (Fsp3) is 0.353. The van der Waals surface area contributed by atoms with Crippen molar-refractivity contribution in [3.8, 4) is 0 Å². The highest BCUT2D eigenvalue weighted by Crippen LogP contribution is 2.24. The summed E-state index contributed by atoms with van der Waals surface area (Å²) in [5.41, 5.74) is 6.43. The fourth-order valence-corrected chi connectivity index (χ4v) is 3.07. The number of nitrogens with two attached hydrogens (primary N) is 1. The lowest BCUT2D eigenvalue weighted by molar-refractivity contribution is 0.0788. The van der Waals surface area contributed by atoms with E-state index in [1.807, 2.05) is 47.4 Å². The summed E-state index contributed by atoms with van der Waals surface area (Å²) in [6.45, 7) is 2.41. The van der Waals surface area contributed by atoms with Crippen LogP contribution >= 0.6 is 0 Å². The molecule has 1 amide bonds. The van der Waals surface area contributed by atoms with E-state index in [0.717, 1.165) is 42.3 Å². The molecule has 0 radical (unpaired) electrons. The molecule has 1 aliphatic rings. The number of hydrogen-bond acceptors (Lipinski definition) is 2. The van der Waals surface area contributed by atoms with E-state index < -0.39 is 0 Å². The van der Waals surface area contributed by atoms with Gasteiger partial charge in [0.2, 0.25) is 0 Å². The van der Waals surface area contributed by atoms with Gasteiger partial charge < -0.3 is 10.6 Å². The fourth-order valence-electron chi connectivity index (χ4n) is 3.07. The Balaban J connectivity index is 1.86. The zero-order valence-electron chi connectivity index (χ0n) is 11.6. The molecule has 0 aromatic heterocycles. The summed E-state index contributed by atoms with van der Waals surface area (Å²) in [4.78, 5) is 14.7. The number of benzene rings is 2. The molecular weight excluding hydrogens is 248 g/mol. The Morgan fingerprint density at radius 2 is 2.00 bits per heavy atom. The summed E-state index contributed by atoms with van der Waals surface area (Å²) >= 11 is 0. The summed E-state index contributed by atoms with van der Waals surface area (Å²) < 4.78 is 0. The topological polar surface area (TPSA) is 46.3 Å². The van der Waals surface area contributed by atoms with Crippen molar-refractivity contribution in [3.63, 3.8) is 0 Å². The molecule has 1 saturated heterocycles. The maximum atomic E-state index is 12.7. The maximum Gasteiger partial charge on any atom is 0.254 e. The van der Waals surface area contributed by atoms with Crippen molar-refractivity contribution in [1.82, 2.24) is 4.90 Å². The van der Waals surface area contributed by atoms with Gasteiger partial charge >= 0.3 is 0 Å². The molecule has 3 nitrogen and oxygen atoms in total. The number of carbonyl (C=O) groups is 1. The minimum Gasteiger partial charge on any atom is -0.338 e. The van der Waals surface area contributed by atoms with Crippen LogP contribution in [-0.4, -0.2) is 30.4 Å². The molecule has 0 saturated carbocycles. The first kappa shape index (κ1) is 13.1. The number of carbonyl (C=O) groups excluding carboxylic acids is 1. The monoisotopic (exact) mass is 268 g/mol. The zero-order valence-corrected chi connectivity index (χ0v) is 11.6. The Bertz CT molecular complexity index is 618. The van der Waals surface area contributed by atoms with Crippen molar-refractivity contribution in [2.45, 2.75) is 12.8 Å². The Hall–Kier alpha value is -1.87. The minimum atomic E-state index is 0.154. The number of nitrogens with zero attached hydrogens (tertiary/aromatic N) is 1. The van der Waals surface area contributed by atoms with Crippen molar-refractivity contribution in [1.29, 1.82) is 0 Å². The molecule has 20 heavy (non-hydrogen) atoms. The van der Waals surface area contributed by atoms with Gasteiger partial charge in [-0.25, -0.2) is 0 Å². The summed E-state index contributed by atoms with van der Waals surface area (Å²) in [6.07, 6.45) is 2.09. The normalized spacial score (nSPS) is 18.6. The average molecular weight is 268 g/mol. The number of hydrogen-bond donors (Lipinski definition) is 1. The Morgan fingerprint density at radius 3 is 2.85 bits per heavy atom. The molecule has 0 aliphatic carbocycles. The third kappa shape index (κ3) is 2.41. The quantitative estimate of drug-likeness (QED) is 0.930. The van der Waals surface area contributed by atoms with Crippen LogP contribution in [0.2, 0.25) is 0 Å². The molecule has 1 heterocycles. The molecule has 0 bridgehead atoms. The van der Waals surface area contributed by atoms with Crippen LogP contribution in [0.5, 0.6) is 0 Å². The van der Waals surface area contributed by atoms with E-state index in [1.54, 1.807) is 0 Å². The van der Waals surface area contributed by atoms with E-state index in [2.05, 4.69) is 0 Å². The van der Waals surface area contributed by atoms with Crippen LogP contribution in [0.4, 0.5) is 0 Å². The van der Waals surface area contributed by atoms with Crippen molar-refractivity contribution in [2.75, 3.05) is 19.6 Å². The Kier molecular flexibility index (Phi) is 3.70. The second-order valence-electron chi connectivity index (χ2n) is 5.51. The van der Waals surface area contributed by atoms with Gasteiger partial charge in [0.1, 0.15) is 0 Å². The Morgan fingerprint density at radius 1 is 1.20 bits per heavy atom. The highest BCUT2D eigenvalue weighted by atomic mass is 16.2. The number of rotatable bonds is 3. The SMILES string of the molecule is NCCC1CCN(C(=O)c2cccc3ccccc23)C1. The lowest BCUT2D eigenvalue weighted by Gasteiger charge is -2.17. The average Bonchev–Trinajstić information content (AvgIpc) is 2.95. The molecular formula is C17H20N2O. The Labute approximate surface area is 119 Å². The van der Waals surface area contributed by atoms with Gasteiger partial charge in [-0.1, -0.05) is 36.4 Å². The lowest BCUT2D eigenvalue weighted by atomic mass is 10.0. The third-order valence-electron chi connectivity index (χ3n) is 4.17.